The molecule has 34 heavy (non-hydrogen) atoms. The Morgan fingerprint density at radius 3 is 2.44 bits per heavy atom. The summed E-state index contributed by atoms with van der Waals surface area (Å²) in [5, 5.41) is 2.65. The minimum atomic E-state index is -0.535. The van der Waals surface area contributed by atoms with Crippen molar-refractivity contribution < 1.29 is 23.8 Å². The summed E-state index contributed by atoms with van der Waals surface area (Å²) < 4.78 is 18.1. The highest BCUT2D eigenvalue weighted by atomic mass is 32.1. The lowest BCUT2D eigenvalue weighted by Gasteiger charge is -2.29. The smallest absolute Gasteiger partial charge is 0.270 e. The highest BCUT2D eigenvalue weighted by Gasteiger charge is 2.34. The first-order valence-electron chi connectivity index (χ1n) is 10.5. The van der Waals surface area contributed by atoms with Gasteiger partial charge < -0.3 is 18.8 Å². The molecule has 0 saturated carbocycles. The Kier molecular flexibility index (Phi) is 5.33. The number of hydrogen-bond acceptors (Lipinski definition) is 6. The molecule has 2 amide bonds. The lowest BCUT2D eigenvalue weighted by molar-refractivity contribution is -0.122. The maximum absolute atomic E-state index is 13.3. The van der Waals surface area contributed by atoms with Crippen LogP contribution in [0.3, 0.4) is 0 Å². The van der Waals surface area contributed by atoms with E-state index in [0.717, 1.165) is 22.6 Å². The third-order valence-corrected chi connectivity index (χ3v) is 6.10. The van der Waals surface area contributed by atoms with Gasteiger partial charge >= 0.3 is 0 Å². The number of rotatable bonds is 4. The first kappa shape index (κ1) is 21.7. The van der Waals surface area contributed by atoms with Gasteiger partial charge in [0.2, 0.25) is 6.79 Å². The van der Waals surface area contributed by atoms with Crippen molar-refractivity contribution in [1.29, 1.82) is 0 Å². The van der Waals surface area contributed by atoms with Crippen LogP contribution in [0.15, 0.2) is 54.1 Å². The lowest BCUT2D eigenvalue weighted by Crippen LogP contribution is -2.54. The molecule has 0 atom stereocenters. The fourth-order valence-electron chi connectivity index (χ4n) is 4.13. The van der Waals surface area contributed by atoms with E-state index in [9.17, 15) is 9.59 Å². The molecule has 1 N–H and O–H groups in total. The Morgan fingerprint density at radius 1 is 1.00 bits per heavy atom. The van der Waals surface area contributed by atoms with E-state index < -0.39 is 11.8 Å². The second kappa shape index (κ2) is 8.35. The highest BCUT2D eigenvalue weighted by Crippen LogP contribution is 2.35. The van der Waals surface area contributed by atoms with E-state index in [-0.39, 0.29) is 17.5 Å². The maximum Gasteiger partial charge on any atom is 0.270 e. The summed E-state index contributed by atoms with van der Waals surface area (Å²) in [6.45, 7) is 4.09. The van der Waals surface area contributed by atoms with Crippen LogP contribution in [0.1, 0.15) is 17.0 Å². The quantitative estimate of drug-likeness (QED) is 0.352. The number of nitrogens with one attached hydrogen (secondary N) is 1. The Morgan fingerprint density at radius 2 is 1.71 bits per heavy atom. The number of ether oxygens (including phenoxy) is 3. The molecule has 0 aliphatic carbocycles. The van der Waals surface area contributed by atoms with Crippen molar-refractivity contribution in [3.63, 3.8) is 0 Å². The van der Waals surface area contributed by atoms with Gasteiger partial charge in [0, 0.05) is 23.1 Å². The van der Waals surface area contributed by atoms with Crippen LogP contribution in [0.5, 0.6) is 17.2 Å². The number of hydrogen-bond donors (Lipinski definition) is 1. The molecule has 9 heteroatoms. The van der Waals surface area contributed by atoms with Crippen LogP contribution >= 0.6 is 12.2 Å². The van der Waals surface area contributed by atoms with Crippen molar-refractivity contribution in [2.45, 2.75) is 13.8 Å². The van der Waals surface area contributed by atoms with Crippen LogP contribution in [0, 0.1) is 13.8 Å². The number of benzene rings is 2. The molecule has 0 unspecified atom stereocenters. The summed E-state index contributed by atoms with van der Waals surface area (Å²) in [7, 11) is 1.56. The monoisotopic (exact) mass is 475 g/mol. The molecule has 8 nitrogen and oxygen atoms in total. The van der Waals surface area contributed by atoms with Gasteiger partial charge in [-0.3, -0.25) is 19.8 Å². The molecule has 0 bridgehead atoms. The predicted octanol–water partition coefficient (Wildman–Crippen LogP) is 3.66. The normalized spacial score (nSPS) is 16.3. The van der Waals surface area contributed by atoms with Crippen molar-refractivity contribution >= 4 is 40.9 Å². The van der Waals surface area contributed by atoms with Crippen LogP contribution in [0.2, 0.25) is 0 Å². The fraction of sp³-hybridized carbons (Fsp3) is 0.160. The van der Waals surface area contributed by atoms with Crippen molar-refractivity contribution in [3.05, 3.63) is 71.1 Å². The Balaban J connectivity index is 1.52. The number of methoxy groups -OCH3 is 1. The molecular formula is C25H21N3O5S. The molecule has 3 aromatic rings. The van der Waals surface area contributed by atoms with Crippen molar-refractivity contribution in [2.24, 2.45) is 0 Å². The van der Waals surface area contributed by atoms with Crippen LogP contribution in [0.4, 0.5) is 5.69 Å². The number of anilines is 1. The standard InChI is InChI=1S/C25H21N3O5S/c1-14-10-16(15(2)27(14)18-6-9-21-22(12-18)33-13-32-21)11-20-23(29)26-25(34)28(24(20)30)17-4-7-19(31-3)8-5-17/h4-12H,13H2,1-3H3,(H,26,29,34)/b20-11-. The summed E-state index contributed by atoms with van der Waals surface area (Å²) in [6.07, 6.45) is 1.60. The molecule has 1 aromatic heterocycles. The average molecular weight is 476 g/mol. The van der Waals surface area contributed by atoms with E-state index in [0.29, 0.717) is 22.9 Å². The molecule has 1 fully saturated rings. The molecule has 1 saturated heterocycles. The second-order valence-corrected chi connectivity index (χ2v) is 8.24. The fourth-order valence-corrected chi connectivity index (χ4v) is 4.42. The summed E-state index contributed by atoms with van der Waals surface area (Å²) in [5.41, 5.74) is 3.98. The predicted molar refractivity (Wildman–Crippen MR) is 131 cm³/mol. The van der Waals surface area contributed by atoms with Crippen LogP contribution in [-0.2, 0) is 9.59 Å². The maximum atomic E-state index is 13.3. The molecule has 2 aromatic carbocycles. The van der Waals surface area contributed by atoms with E-state index >= 15 is 0 Å². The van der Waals surface area contributed by atoms with Crippen LogP contribution in [-0.4, -0.2) is 35.4 Å². The number of amides is 2. The van der Waals surface area contributed by atoms with E-state index in [1.54, 1.807) is 37.5 Å². The number of carbonyl (C=O) groups is 2. The van der Waals surface area contributed by atoms with Gasteiger partial charge in [0.15, 0.2) is 16.6 Å². The third kappa shape index (κ3) is 3.60. The number of nitrogens with zero attached hydrogens (tertiary/aromatic N) is 2. The number of aromatic nitrogens is 1. The summed E-state index contributed by atoms with van der Waals surface area (Å²) in [4.78, 5) is 27.4. The van der Waals surface area contributed by atoms with Gasteiger partial charge in [-0.1, -0.05) is 0 Å². The third-order valence-electron chi connectivity index (χ3n) is 5.82. The van der Waals surface area contributed by atoms with E-state index in [1.165, 1.54) is 4.90 Å². The first-order chi connectivity index (χ1) is 16.4. The van der Waals surface area contributed by atoms with E-state index in [4.69, 9.17) is 26.4 Å². The lowest BCUT2D eigenvalue weighted by atomic mass is 10.1. The van der Waals surface area contributed by atoms with Crippen molar-refractivity contribution in [3.8, 4) is 22.9 Å². The number of carbonyl (C=O) groups excluding carboxylic acids is 2. The molecule has 0 radical (unpaired) electrons. The van der Waals surface area contributed by atoms with Gasteiger partial charge in [-0.25, -0.2) is 0 Å². The Hall–Kier alpha value is -4.11. The number of thiocarbonyl (C=S) groups is 1. The highest BCUT2D eigenvalue weighted by molar-refractivity contribution is 7.80. The topological polar surface area (TPSA) is 82.0 Å². The first-order valence-corrected chi connectivity index (χ1v) is 10.9. The Labute approximate surface area is 201 Å². The van der Waals surface area contributed by atoms with Gasteiger partial charge in [0.1, 0.15) is 11.3 Å². The SMILES string of the molecule is COc1ccc(N2C(=O)/C(=C\c3cc(C)n(-c4ccc5c(c4)OCO5)c3C)C(=O)NC2=S)cc1. The van der Waals surface area contributed by atoms with E-state index in [1.807, 2.05) is 42.7 Å². The second-order valence-electron chi connectivity index (χ2n) is 7.86. The summed E-state index contributed by atoms with van der Waals surface area (Å²) in [6, 6.07) is 14.5. The summed E-state index contributed by atoms with van der Waals surface area (Å²) in [5.74, 6) is 0.998. The van der Waals surface area contributed by atoms with Crippen LogP contribution in [0.25, 0.3) is 11.8 Å². The average Bonchev–Trinajstić information content (AvgIpc) is 3.40. The van der Waals surface area contributed by atoms with Gasteiger partial charge in [-0.2, -0.15) is 0 Å². The largest absolute Gasteiger partial charge is 0.497 e. The molecule has 2 aliphatic rings. The number of aryl methyl sites for hydroxylation is 1. The molecular weight excluding hydrogens is 454 g/mol. The van der Waals surface area contributed by atoms with Gasteiger partial charge in [-0.15, -0.1) is 0 Å². The zero-order valence-electron chi connectivity index (χ0n) is 18.7. The number of fused-ring (bicyclic) bond motifs is 1. The molecule has 3 heterocycles. The van der Waals surface area contributed by atoms with Crippen molar-refractivity contribution in [1.82, 2.24) is 9.88 Å². The molecule has 172 valence electrons. The summed E-state index contributed by atoms with van der Waals surface area (Å²) >= 11 is 5.28. The van der Waals surface area contributed by atoms with Crippen LogP contribution < -0.4 is 24.4 Å². The van der Waals surface area contributed by atoms with Gasteiger partial charge in [0.05, 0.1) is 12.8 Å². The van der Waals surface area contributed by atoms with Gasteiger partial charge in [0.25, 0.3) is 11.8 Å². The Bertz CT molecular complexity index is 1370. The van der Waals surface area contributed by atoms with Gasteiger partial charge in [-0.05, 0) is 80.2 Å². The zero-order valence-corrected chi connectivity index (χ0v) is 19.6. The minimum Gasteiger partial charge on any atom is -0.497 e. The molecule has 2 aliphatic heterocycles. The minimum absolute atomic E-state index is 0.00430. The zero-order chi connectivity index (χ0) is 24.0. The molecule has 0 spiro atoms. The van der Waals surface area contributed by atoms with Crippen molar-refractivity contribution in [2.75, 3.05) is 18.8 Å². The van der Waals surface area contributed by atoms with E-state index in [2.05, 4.69) is 5.32 Å². The molecule has 5 rings (SSSR count).